The fourth-order valence-corrected chi connectivity index (χ4v) is 5.59. The van der Waals surface area contributed by atoms with Crippen LogP contribution in [0.5, 0.6) is 0 Å². The Bertz CT molecular complexity index is 1410. The van der Waals surface area contributed by atoms with Crippen LogP contribution in [0.2, 0.25) is 0 Å². The number of carbonyl (C=O) groups is 2. The number of ether oxygens (including phenoxy) is 1. The number of anilines is 1. The van der Waals surface area contributed by atoms with Crippen molar-refractivity contribution in [3.63, 3.8) is 0 Å². The molecule has 1 aliphatic rings. The summed E-state index contributed by atoms with van der Waals surface area (Å²) in [6.45, 7) is 0. The van der Waals surface area contributed by atoms with E-state index in [0.717, 1.165) is 30.0 Å². The number of halogens is 2. The summed E-state index contributed by atoms with van der Waals surface area (Å²) in [5.41, 5.74) is 0.796. The summed E-state index contributed by atoms with van der Waals surface area (Å²) in [6.07, 6.45) is 1.63. The van der Waals surface area contributed by atoms with E-state index >= 15 is 0 Å². The average Bonchev–Trinajstić information content (AvgIpc) is 2.81. The molecule has 3 aromatic carbocycles. The second-order valence-corrected chi connectivity index (χ2v) is 10.4. The number of thioether (sulfide) groups is 1. The zero-order valence-electron chi connectivity index (χ0n) is 17.7. The van der Waals surface area contributed by atoms with Crippen molar-refractivity contribution in [2.75, 3.05) is 12.4 Å². The molecule has 0 saturated carbocycles. The van der Waals surface area contributed by atoms with Gasteiger partial charge in [0.05, 0.1) is 33.9 Å². The molecule has 1 aliphatic heterocycles. The van der Waals surface area contributed by atoms with Crippen LogP contribution < -0.4 is 5.32 Å². The van der Waals surface area contributed by atoms with E-state index in [4.69, 9.17) is 0 Å². The Morgan fingerprint density at radius 2 is 1.74 bits per heavy atom. The molecule has 0 fully saturated rings. The maximum atomic E-state index is 13.9. The summed E-state index contributed by atoms with van der Waals surface area (Å²) in [5.74, 6) is -3.65. The van der Waals surface area contributed by atoms with E-state index in [-0.39, 0.29) is 10.6 Å². The quantitative estimate of drug-likeness (QED) is 0.399. The van der Waals surface area contributed by atoms with Crippen molar-refractivity contribution < 1.29 is 31.5 Å². The highest BCUT2D eigenvalue weighted by Crippen LogP contribution is 2.40. The third kappa shape index (κ3) is 4.87. The Balaban J connectivity index is 1.58. The van der Waals surface area contributed by atoms with E-state index < -0.39 is 44.7 Å². The minimum atomic E-state index is -4.08. The predicted molar refractivity (Wildman–Crippen MR) is 124 cm³/mol. The van der Waals surface area contributed by atoms with Gasteiger partial charge in [0.1, 0.15) is 11.6 Å². The van der Waals surface area contributed by atoms with Gasteiger partial charge in [-0.3, -0.25) is 4.79 Å². The van der Waals surface area contributed by atoms with Gasteiger partial charge in [0, 0.05) is 10.5 Å². The second kappa shape index (κ2) is 9.40. The average molecular weight is 502 g/mol. The predicted octanol–water partition coefficient (Wildman–Crippen LogP) is 4.81. The Morgan fingerprint density at radius 1 is 1.06 bits per heavy atom. The first kappa shape index (κ1) is 23.7. The van der Waals surface area contributed by atoms with Gasteiger partial charge in [0.2, 0.25) is 0 Å². The molecule has 0 spiro atoms. The number of rotatable bonds is 5. The van der Waals surface area contributed by atoms with Gasteiger partial charge in [0.25, 0.3) is 5.91 Å². The SMILES string of the molecule is COC(=O)c1ccc(/C=C2\Sc3ccc(S(=O)(=O)Cc4c(F)cccc4F)cc3NC2=O)cc1. The van der Waals surface area contributed by atoms with E-state index in [1.807, 2.05) is 0 Å². The highest BCUT2D eigenvalue weighted by molar-refractivity contribution is 8.04. The van der Waals surface area contributed by atoms with Crippen molar-refractivity contribution in [3.05, 3.63) is 93.9 Å². The molecule has 1 heterocycles. The molecule has 4 rings (SSSR count). The van der Waals surface area contributed by atoms with E-state index in [1.165, 1.54) is 25.3 Å². The summed E-state index contributed by atoms with van der Waals surface area (Å²) in [6, 6.07) is 13.8. The van der Waals surface area contributed by atoms with Crippen LogP contribution in [0.3, 0.4) is 0 Å². The minimum absolute atomic E-state index is 0.166. The van der Waals surface area contributed by atoms with E-state index in [0.29, 0.717) is 20.9 Å². The topological polar surface area (TPSA) is 89.5 Å². The largest absolute Gasteiger partial charge is 0.465 e. The molecule has 174 valence electrons. The van der Waals surface area contributed by atoms with Crippen molar-refractivity contribution >= 4 is 45.2 Å². The number of fused-ring (bicyclic) bond motifs is 1. The van der Waals surface area contributed by atoms with E-state index in [2.05, 4.69) is 10.1 Å². The molecule has 6 nitrogen and oxygen atoms in total. The van der Waals surface area contributed by atoms with Crippen LogP contribution >= 0.6 is 11.8 Å². The Hall–Kier alpha value is -3.50. The lowest BCUT2D eigenvalue weighted by Crippen LogP contribution is -2.18. The minimum Gasteiger partial charge on any atom is -0.465 e. The fraction of sp³-hybridized carbons (Fsp3) is 0.0833. The number of hydrogen-bond acceptors (Lipinski definition) is 6. The van der Waals surface area contributed by atoms with Gasteiger partial charge < -0.3 is 10.1 Å². The second-order valence-electron chi connectivity index (χ2n) is 7.30. The lowest BCUT2D eigenvalue weighted by molar-refractivity contribution is -0.112. The van der Waals surface area contributed by atoms with Gasteiger partial charge in [0.15, 0.2) is 9.84 Å². The molecule has 3 aromatic rings. The van der Waals surface area contributed by atoms with Gasteiger partial charge in [-0.15, -0.1) is 0 Å². The van der Waals surface area contributed by atoms with Crippen molar-refractivity contribution in [1.82, 2.24) is 0 Å². The summed E-state index contributed by atoms with van der Waals surface area (Å²) < 4.78 is 58.1. The summed E-state index contributed by atoms with van der Waals surface area (Å²) >= 11 is 1.15. The molecule has 0 saturated heterocycles. The van der Waals surface area contributed by atoms with Crippen LogP contribution in [-0.2, 0) is 25.1 Å². The van der Waals surface area contributed by atoms with E-state index in [9.17, 15) is 26.8 Å². The zero-order valence-corrected chi connectivity index (χ0v) is 19.3. The molecule has 1 N–H and O–H groups in total. The maximum absolute atomic E-state index is 13.9. The third-order valence-electron chi connectivity index (χ3n) is 5.03. The number of hydrogen-bond donors (Lipinski definition) is 1. The van der Waals surface area contributed by atoms with Crippen molar-refractivity contribution in [2.24, 2.45) is 0 Å². The molecular formula is C24H17F2NO5S2. The molecule has 0 atom stereocenters. The lowest BCUT2D eigenvalue weighted by atomic mass is 10.1. The van der Waals surface area contributed by atoms with Gasteiger partial charge >= 0.3 is 5.97 Å². The third-order valence-corrected chi connectivity index (χ3v) is 7.77. The maximum Gasteiger partial charge on any atom is 0.337 e. The highest BCUT2D eigenvalue weighted by Gasteiger charge is 2.25. The number of esters is 1. The molecule has 1 amide bonds. The number of nitrogens with one attached hydrogen (secondary N) is 1. The molecular weight excluding hydrogens is 484 g/mol. The Kier molecular flexibility index (Phi) is 6.54. The number of amides is 1. The van der Waals surface area contributed by atoms with Crippen LogP contribution in [0, 0.1) is 11.6 Å². The van der Waals surface area contributed by atoms with Crippen molar-refractivity contribution in [2.45, 2.75) is 15.5 Å². The number of methoxy groups -OCH3 is 1. The van der Waals surface area contributed by atoms with Crippen molar-refractivity contribution in [3.8, 4) is 0 Å². The Labute approximate surface area is 198 Å². The number of sulfone groups is 1. The summed E-state index contributed by atoms with van der Waals surface area (Å²) in [4.78, 5) is 25.0. The Morgan fingerprint density at radius 3 is 2.38 bits per heavy atom. The fourth-order valence-electron chi connectivity index (χ4n) is 3.26. The van der Waals surface area contributed by atoms with Crippen LogP contribution in [0.15, 0.2) is 75.4 Å². The van der Waals surface area contributed by atoms with Crippen LogP contribution in [0.1, 0.15) is 21.5 Å². The number of benzene rings is 3. The van der Waals surface area contributed by atoms with Crippen LogP contribution in [0.25, 0.3) is 6.08 Å². The van der Waals surface area contributed by atoms with Crippen LogP contribution in [-0.4, -0.2) is 27.4 Å². The van der Waals surface area contributed by atoms with Gasteiger partial charge in [-0.1, -0.05) is 30.0 Å². The lowest BCUT2D eigenvalue weighted by Gasteiger charge is -2.19. The van der Waals surface area contributed by atoms with Crippen molar-refractivity contribution in [1.29, 1.82) is 0 Å². The molecule has 10 heteroatoms. The molecule has 0 bridgehead atoms. The first-order valence-electron chi connectivity index (χ1n) is 9.87. The van der Waals surface area contributed by atoms with Gasteiger partial charge in [-0.25, -0.2) is 22.0 Å². The monoisotopic (exact) mass is 501 g/mol. The molecule has 0 radical (unpaired) electrons. The first-order chi connectivity index (χ1) is 16.2. The van der Waals surface area contributed by atoms with E-state index in [1.54, 1.807) is 30.3 Å². The molecule has 0 aromatic heterocycles. The van der Waals surface area contributed by atoms with Gasteiger partial charge in [-0.05, 0) is 54.1 Å². The standard InChI is InChI=1S/C24H17F2NO5S2/c1-32-24(29)15-7-5-14(6-8-15)11-22-23(28)27-20-12-16(9-10-21(20)33-22)34(30,31)13-17-18(25)3-2-4-19(17)26/h2-12H,13H2,1H3,(H,27,28)/b22-11-. The molecule has 0 unspecified atom stereocenters. The summed E-state index contributed by atoms with van der Waals surface area (Å²) in [7, 11) is -2.79. The van der Waals surface area contributed by atoms with Crippen LogP contribution in [0.4, 0.5) is 14.5 Å². The first-order valence-corrected chi connectivity index (χ1v) is 12.3. The smallest absolute Gasteiger partial charge is 0.337 e. The highest BCUT2D eigenvalue weighted by atomic mass is 32.2. The van der Waals surface area contributed by atoms with Gasteiger partial charge in [-0.2, -0.15) is 0 Å². The summed E-state index contributed by atoms with van der Waals surface area (Å²) in [5, 5.41) is 2.65. The normalized spacial score (nSPS) is 14.4. The number of carbonyl (C=O) groups excluding carboxylic acids is 2. The zero-order chi connectivity index (χ0) is 24.5. The molecule has 0 aliphatic carbocycles. The molecule has 34 heavy (non-hydrogen) atoms.